The van der Waals surface area contributed by atoms with Crippen LogP contribution in [0.5, 0.6) is 0 Å². The summed E-state index contributed by atoms with van der Waals surface area (Å²) in [5.74, 6) is 6.00. The van der Waals surface area contributed by atoms with E-state index in [0.717, 1.165) is 0 Å². The van der Waals surface area contributed by atoms with Crippen molar-refractivity contribution in [2.75, 3.05) is 13.2 Å². The standard InChI is InChI=1S/C24H34N2O4/c1-9-23(5,6)20(28-16-12-14-18-13-10-11-15-25-18)19-17-29-24(7,8)26(19)21(27)30-22(2,3)4/h9-11,13,15,19-20H,1,16-17H2,2-8H3/t19-,20-/m0/s1. The molecule has 1 fully saturated rings. The molecule has 6 heteroatoms. The van der Waals surface area contributed by atoms with Crippen LogP contribution in [0.15, 0.2) is 37.1 Å². The third-order valence-corrected chi connectivity index (χ3v) is 4.93. The van der Waals surface area contributed by atoms with Gasteiger partial charge in [-0.1, -0.05) is 31.9 Å². The highest BCUT2D eigenvalue weighted by atomic mass is 16.6. The molecule has 0 bridgehead atoms. The molecule has 30 heavy (non-hydrogen) atoms. The molecule has 1 aliphatic rings. The van der Waals surface area contributed by atoms with Crippen molar-refractivity contribution < 1.29 is 19.0 Å². The van der Waals surface area contributed by atoms with E-state index in [2.05, 4.69) is 23.4 Å². The highest BCUT2D eigenvalue weighted by Gasteiger charge is 2.51. The van der Waals surface area contributed by atoms with Crippen LogP contribution in [0, 0.1) is 17.3 Å². The van der Waals surface area contributed by atoms with Gasteiger partial charge in [-0.15, -0.1) is 6.58 Å². The topological polar surface area (TPSA) is 60.9 Å². The first kappa shape index (κ1) is 23.9. The maximum Gasteiger partial charge on any atom is 0.412 e. The summed E-state index contributed by atoms with van der Waals surface area (Å²) in [5.41, 5.74) is -1.17. The lowest BCUT2D eigenvalue weighted by Crippen LogP contribution is -2.56. The number of aromatic nitrogens is 1. The number of ether oxygens (including phenoxy) is 3. The number of amides is 1. The van der Waals surface area contributed by atoms with Crippen molar-refractivity contribution in [3.05, 3.63) is 42.7 Å². The van der Waals surface area contributed by atoms with Crippen LogP contribution < -0.4 is 0 Å². The fraction of sp³-hybridized carbons (Fsp3) is 0.583. The van der Waals surface area contributed by atoms with Gasteiger partial charge in [0.05, 0.1) is 18.8 Å². The highest BCUT2D eigenvalue weighted by Crippen LogP contribution is 2.37. The summed E-state index contributed by atoms with van der Waals surface area (Å²) in [6, 6.07) is 5.23. The molecule has 0 aromatic carbocycles. The molecule has 0 N–H and O–H groups in total. The molecule has 0 radical (unpaired) electrons. The maximum absolute atomic E-state index is 13.0. The van der Waals surface area contributed by atoms with E-state index in [1.54, 1.807) is 11.1 Å². The number of hydrogen-bond donors (Lipinski definition) is 0. The van der Waals surface area contributed by atoms with Crippen LogP contribution in [-0.2, 0) is 14.2 Å². The summed E-state index contributed by atoms with van der Waals surface area (Å²) in [4.78, 5) is 18.9. The van der Waals surface area contributed by atoms with Gasteiger partial charge in [-0.2, -0.15) is 0 Å². The Morgan fingerprint density at radius 1 is 1.40 bits per heavy atom. The van der Waals surface area contributed by atoms with Crippen molar-refractivity contribution in [3.8, 4) is 11.8 Å². The molecule has 0 aliphatic carbocycles. The van der Waals surface area contributed by atoms with Gasteiger partial charge in [0, 0.05) is 11.6 Å². The Balaban J connectivity index is 2.25. The van der Waals surface area contributed by atoms with Gasteiger partial charge in [0.15, 0.2) is 0 Å². The van der Waals surface area contributed by atoms with Gasteiger partial charge in [0.1, 0.15) is 23.6 Å². The molecule has 0 saturated carbocycles. The summed E-state index contributed by atoms with van der Waals surface area (Å²) in [7, 11) is 0. The fourth-order valence-electron chi connectivity index (χ4n) is 3.35. The van der Waals surface area contributed by atoms with Gasteiger partial charge >= 0.3 is 6.09 Å². The zero-order valence-electron chi connectivity index (χ0n) is 19.2. The molecule has 1 saturated heterocycles. The van der Waals surface area contributed by atoms with E-state index in [9.17, 15) is 4.79 Å². The zero-order chi connectivity index (χ0) is 22.6. The summed E-state index contributed by atoms with van der Waals surface area (Å²) in [6.07, 6.45) is 2.72. The molecule has 2 heterocycles. The predicted octanol–water partition coefficient (Wildman–Crippen LogP) is 4.40. The van der Waals surface area contributed by atoms with Crippen LogP contribution in [0.4, 0.5) is 4.79 Å². The van der Waals surface area contributed by atoms with Gasteiger partial charge in [-0.25, -0.2) is 9.78 Å². The lowest BCUT2D eigenvalue weighted by Gasteiger charge is -2.41. The van der Waals surface area contributed by atoms with Crippen molar-refractivity contribution in [2.45, 2.75) is 71.9 Å². The van der Waals surface area contributed by atoms with Crippen LogP contribution in [0.2, 0.25) is 0 Å². The number of nitrogens with zero attached hydrogens (tertiary/aromatic N) is 2. The molecule has 1 aromatic heterocycles. The summed E-state index contributed by atoms with van der Waals surface area (Å²) < 4.78 is 17.8. The van der Waals surface area contributed by atoms with E-state index in [4.69, 9.17) is 14.2 Å². The van der Waals surface area contributed by atoms with E-state index in [-0.39, 0.29) is 18.8 Å². The third kappa shape index (κ3) is 6.07. The average molecular weight is 415 g/mol. The number of hydrogen-bond acceptors (Lipinski definition) is 5. The van der Waals surface area contributed by atoms with E-state index in [1.807, 2.05) is 72.7 Å². The minimum atomic E-state index is -0.814. The quantitative estimate of drug-likeness (QED) is 0.528. The monoisotopic (exact) mass is 414 g/mol. The second-order valence-corrected chi connectivity index (χ2v) is 9.45. The van der Waals surface area contributed by atoms with Crippen LogP contribution in [0.25, 0.3) is 0 Å². The molecule has 6 nitrogen and oxygen atoms in total. The summed E-state index contributed by atoms with van der Waals surface area (Å²) in [5, 5.41) is 0. The lowest BCUT2D eigenvalue weighted by atomic mass is 9.82. The van der Waals surface area contributed by atoms with Gasteiger partial charge in [-0.05, 0) is 52.7 Å². The second-order valence-electron chi connectivity index (χ2n) is 9.45. The minimum Gasteiger partial charge on any atom is -0.444 e. The van der Waals surface area contributed by atoms with Crippen molar-refractivity contribution in [2.24, 2.45) is 5.41 Å². The van der Waals surface area contributed by atoms with E-state index < -0.39 is 22.8 Å². The van der Waals surface area contributed by atoms with E-state index >= 15 is 0 Å². The molecule has 0 spiro atoms. The van der Waals surface area contributed by atoms with Gasteiger partial charge in [0.25, 0.3) is 0 Å². The van der Waals surface area contributed by atoms with Gasteiger partial charge in [-0.3, -0.25) is 4.90 Å². The Morgan fingerprint density at radius 3 is 2.67 bits per heavy atom. The molecule has 1 amide bonds. The fourth-order valence-corrected chi connectivity index (χ4v) is 3.35. The molecule has 1 aliphatic heterocycles. The van der Waals surface area contributed by atoms with Crippen molar-refractivity contribution in [1.82, 2.24) is 9.88 Å². The Labute approximate surface area is 180 Å². The summed E-state index contributed by atoms with van der Waals surface area (Å²) >= 11 is 0. The van der Waals surface area contributed by atoms with E-state index in [0.29, 0.717) is 12.3 Å². The molecular weight excluding hydrogens is 380 g/mol. The summed E-state index contributed by atoms with van der Waals surface area (Å²) in [6.45, 7) is 17.8. The zero-order valence-corrected chi connectivity index (χ0v) is 19.2. The Kier molecular flexibility index (Phi) is 7.33. The number of carbonyl (C=O) groups excluding carboxylic acids is 1. The Bertz CT molecular complexity index is 800. The molecular formula is C24H34N2O4. The number of rotatable bonds is 5. The van der Waals surface area contributed by atoms with Crippen LogP contribution >= 0.6 is 0 Å². The molecule has 1 aromatic rings. The molecule has 0 unspecified atom stereocenters. The molecule has 2 rings (SSSR count). The first-order chi connectivity index (χ1) is 13.9. The first-order valence-corrected chi connectivity index (χ1v) is 10.2. The molecule has 2 atom stereocenters. The van der Waals surface area contributed by atoms with Crippen molar-refractivity contribution in [3.63, 3.8) is 0 Å². The van der Waals surface area contributed by atoms with Gasteiger partial charge < -0.3 is 14.2 Å². The molecule has 164 valence electrons. The van der Waals surface area contributed by atoms with Crippen molar-refractivity contribution >= 4 is 6.09 Å². The second kappa shape index (κ2) is 9.20. The van der Waals surface area contributed by atoms with Crippen LogP contribution in [0.1, 0.15) is 54.2 Å². The SMILES string of the molecule is C=CC(C)(C)[C@@H](OCC#Cc1ccccn1)[C@@H]1COC(C)(C)N1C(=O)OC(C)(C)C. The normalized spacial score (nSPS) is 19.6. The van der Waals surface area contributed by atoms with E-state index in [1.165, 1.54) is 0 Å². The maximum atomic E-state index is 13.0. The Hall–Kier alpha value is -2.36. The largest absolute Gasteiger partial charge is 0.444 e. The minimum absolute atomic E-state index is 0.192. The highest BCUT2D eigenvalue weighted by molar-refractivity contribution is 5.70. The predicted molar refractivity (Wildman–Crippen MR) is 117 cm³/mol. The van der Waals surface area contributed by atoms with Gasteiger partial charge in [0.2, 0.25) is 0 Å². The number of pyridine rings is 1. The first-order valence-electron chi connectivity index (χ1n) is 10.2. The third-order valence-electron chi connectivity index (χ3n) is 4.93. The lowest BCUT2D eigenvalue weighted by molar-refractivity contribution is -0.0805. The van der Waals surface area contributed by atoms with Crippen LogP contribution in [-0.4, -0.2) is 52.7 Å². The smallest absolute Gasteiger partial charge is 0.412 e. The number of carbonyl (C=O) groups is 1. The van der Waals surface area contributed by atoms with Crippen LogP contribution in [0.3, 0.4) is 0 Å². The average Bonchev–Trinajstić information content (AvgIpc) is 2.95. The Morgan fingerprint density at radius 2 is 2.10 bits per heavy atom. The van der Waals surface area contributed by atoms with Crippen molar-refractivity contribution in [1.29, 1.82) is 0 Å².